The molecule has 136 valence electrons. The number of fused-ring (bicyclic) bond motifs is 2. The number of carbonyl (C=O) groups excluding carboxylic acids is 1. The van der Waals surface area contributed by atoms with E-state index in [-0.39, 0.29) is 5.91 Å². The minimum atomic E-state index is -0.306. The highest BCUT2D eigenvalue weighted by Crippen LogP contribution is 2.22. The molecule has 0 aliphatic rings. The number of benzene rings is 2. The van der Waals surface area contributed by atoms with Crippen LogP contribution < -0.4 is 4.80 Å². The number of ether oxygens (including phenoxy) is 1. The van der Waals surface area contributed by atoms with Crippen LogP contribution in [0.1, 0.15) is 10.4 Å². The zero-order valence-electron chi connectivity index (χ0n) is 14.4. The summed E-state index contributed by atoms with van der Waals surface area (Å²) in [6, 6.07) is 11.3. The van der Waals surface area contributed by atoms with E-state index in [9.17, 15) is 4.79 Å². The van der Waals surface area contributed by atoms with E-state index in [1.165, 1.54) is 11.3 Å². The first-order chi connectivity index (χ1) is 13.2. The smallest absolute Gasteiger partial charge is 0.279 e. The Kier molecular flexibility index (Phi) is 5.11. The Morgan fingerprint density at radius 3 is 2.81 bits per heavy atom. The summed E-state index contributed by atoms with van der Waals surface area (Å²) in [6.45, 7) is 1.16. The van der Waals surface area contributed by atoms with Crippen molar-refractivity contribution >= 4 is 54.4 Å². The summed E-state index contributed by atoms with van der Waals surface area (Å²) < 4.78 is 9.26. The molecule has 2 heterocycles. The summed E-state index contributed by atoms with van der Waals surface area (Å²) in [4.78, 5) is 26.3. The molecule has 6 nitrogen and oxygen atoms in total. The summed E-state index contributed by atoms with van der Waals surface area (Å²) in [5.41, 5.74) is 2.93. The van der Waals surface area contributed by atoms with Gasteiger partial charge in [-0.15, -0.1) is 0 Å². The van der Waals surface area contributed by atoms with Crippen LogP contribution in [0.4, 0.5) is 0 Å². The molecule has 0 radical (unpaired) electrons. The van der Waals surface area contributed by atoms with Crippen LogP contribution in [-0.2, 0) is 11.3 Å². The fraction of sp³-hybridized carbons (Fsp3) is 0.158. The second kappa shape index (κ2) is 7.67. The van der Waals surface area contributed by atoms with Crippen LogP contribution in [0.15, 0.2) is 58.3 Å². The Morgan fingerprint density at radius 1 is 1.19 bits per heavy atom. The molecule has 0 bridgehead atoms. The number of amides is 1. The van der Waals surface area contributed by atoms with Crippen LogP contribution >= 0.6 is 27.3 Å². The number of thiazole rings is 1. The Balaban J connectivity index is 1.81. The van der Waals surface area contributed by atoms with Gasteiger partial charge in [0.1, 0.15) is 0 Å². The van der Waals surface area contributed by atoms with Crippen LogP contribution in [0.25, 0.3) is 21.3 Å². The average Bonchev–Trinajstić information content (AvgIpc) is 3.01. The predicted octanol–water partition coefficient (Wildman–Crippen LogP) is 3.80. The van der Waals surface area contributed by atoms with Gasteiger partial charge in [-0.25, -0.2) is 0 Å². The van der Waals surface area contributed by atoms with Crippen molar-refractivity contribution in [2.24, 2.45) is 4.99 Å². The number of methoxy groups -OCH3 is 1. The van der Waals surface area contributed by atoms with Crippen LogP contribution in [0, 0.1) is 0 Å². The summed E-state index contributed by atoms with van der Waals surface area (Å²) >= 11 is 4.97. The number of carbonyl (C=O) groups is 1. The van der Waals surface area contributed by atoms with Gasteiger partial charge in [0.15, 0.2) is 4.80 Å². The molecule has 4 rings (SSSR count). The first kappa shape index (κ1) is 18.0. The van der Waals surface area contributed by atoms with Crippen LogP contribution in [-0.4, -0.2) is 34.2 Å². The van der Waals surface area contributed by atoms with Crippen molar-refractivity contribution in [2.45, 2.75) is 6.54 Å². The lowest BCUT2D eigenvalue weighted by molar-refractivity contribution is 0.0997. The molecule has 27 heavy (non-hydrogen) atoms. The van der Waals surface area contributed by atoms with Crippen LogP contribution in [0.3, 0.4) is 0 Å². The standard InChI is InChI=1S/C19H15BrN4O2S/c1-26-9-8-24-16-5-3-13(20)11-17(16)27-19(24)23-18(25)12-2-4-14-15(10-12)22-7-6-21-14/h2-7,10-11H,8-9H2,1H3. The number of hydrogen-bond donors (Lipinski definition) is 0. The molecule has 0 atom stereocenters. The van der Waals surface area contributed by atoms with Gasteiger partial charge in [-0.3, -0.25) is 14.8 Å². The summed E-state index contributed by atoms with van der Waals surface area (Å²) in [5.74, 6) is -0.306. The van der Waals surface area contributed by atoms with Crippen molar-refractivity contribution in [1.29, 1.82) is 0 Å². The monoisotopic (exact) mass is 442 g/mol. The van der Waals surface area contributed by atoms with E-state index in [0.29, 0.717) is 29.0 Å². The zero-order chi connectivity index (χ0) is 18.8. The quantitative estimate of drug-likeness (QED) is 0.481. The van der Waals surface area contributed by atoms with Gasteiger partial charge in [0.2, 0.25) is 0 Å². The molecule has 0 saturated heterocycles. The Labute approximate surface area is 167 Å². The van der Waals surface area contributed by atoms with Gasteiger partial charge < -0.3 is 9.30 Å². The first-order valence-electron chi connectivity index (χ1n) is 8.23. The fourth-order valence-electron chi connectivity index (χ4n) is 2.78. The van der Waals surface area contributed by atoms with Crippen molar-refractivity contribution in [2.75, 3.05) is 13.7 Å². The molecule has 1 amide bonds. The van der Waals surface area contributed by atoms with Crippen molar-refractivity contribution in [1.82, 2.24) is 14.5 Å². The van der Waals surface area contributed by atoms with E-state index >= 15 is 0 Å². The fourth-order valence-corrected chi connectivity index (χ4v) is 4.39. The van der Waals surface area contributed by atoms with Crippen molar-refractivity contribution in [3.63, 3.8) is 0 Å². The molecule has 2 aromatic heterocycles. The van der Waals surface area contributed by atoms with E-state index in [2.05, 4.69) is 30.9 Å². The van der Waals surface area contributed by atoms with E-state index in [1.807, 2.05) is 22.8 Å². The maximum absolute atomic E-state index is 12.8. The molecule has 0 aliphatic heterocycles. The van der Waals surface area contributed by atoms with Gasteiger partial charge in [0, 0.05) is 36.1 Å². The lowest BCUT2D eigenvalue weighted by Crippen LogP contribution is -2.19. The van der Waals surface area contributed by atoms with Gasteiger partial charge in [0.05, 0.1) is 27.9 Å². The van der Waals surface area contributed by atoms with E-state index in [4.69, 9.17) is 4.74 Å². The second-order valence-corrected chi connectivity index (χ2v) is 7.74. The van der Waals surface area contributed by atoms with Crippen LogP contribution in [0.5, 0.6) is 0 Å². The number of nitrogens with zero attached hydrogens (tertiary/aromatic N) is 4. The molecule has 8 heteroatoms. The normalized spacial score (nSPS) is 12.1. The number of rotatable bonds is 4. The van der Waals surface area contributed by atoms with Crippen molar-refractivity contribution in [3.8, 4) is 0 Å². The highest BCUT2D eigenvalue weighted by atomic mass is 79.9. The van der Waals surface area contributed by atoms with E-state index < -0.39 is 0 Å². The first-order valence-corrected chi connectivity index (χ1v) is 9.84. The lowest BCUT2D eigenvalue weighted by Gasteiger charge is -2.04. The highest BCUT2D eigenvalue weighted by molar-refractivity contribution is 9.10. The minimum Gasteiger partial charge on any atom is -0.383 e. The highest BCUT2D eigenvalue weighted by Gasteiger charge is 2.10. The van der Waals surface area contributed by atoms with Gasteiger partial charge >= 0.3 is 0 Å². The molecule has 2 aromatic carbocycles. The molecule has 0 N–H and O–H groups in total. The molecule has 0 saturated carbocycles. The molecule has 0 fully saturated rings. The second-order valence-electron chi connectivity index (χ2n) is 5.82. The van der Waals surface area contributed by atoms with Gasteiger partial charge in [-0.1, -0.05) is 27.3 Å². The third kappa shape index (κ3) is 3.69. The number of aromatic nitrogens is 3. The molecule has 0 unspecified atom stereocenters. The van der Waals surface area contributed by atoms with Gasteiger partial charge in [-0.2, -0.15) is 4.99 Å². The maximum Gasteiger partial charge on any atom is 0.279 e. The van der Waals surface area contributed by atoms with Crippen molar-refractivity contribution in [3.05, 3.63) is 63.6 Å². The zero-order valence-corrected chi connectivity index (χ0v) is 16.8. The third-order valence-corrected chi connectivity index (χ3v) is 5.61. The van der Waals surface area contributed by atoms with E-state index in [1.54, 1.807) is 37.7 Å². The topological polar surface area (TPSA) is 69.4 Å². The maximum atomic E-state index is 12.8. The SMILES string of the molecule is COCCn1c(=NC(=O)c2ccc3nccnc3c2)sc2cc(Br)ccc21. The summed E-state index contributed by atoms with van der Waals surface area (Å²) in [7, 11) is 1.66. The third-order valence-electron chi connectivity index (χ3n) is 4.08. The summed E-state index contributed by atoms with van der Waals surface area (Å²) in [6.07, 6.45) is 3.23. The lowest BCUT2D eigenvalue weighted by atomic mass is 10.2. The summed E-state index contributed by atoms with van der Waals surface area (Å²) in [5, 5.41) is 0. The Hall–Kier alpha value is -2.42. The molecule has 0 spiro atoms. The number of halogens is 1. The Bertz CT molecular complexity index is 1220. The molecular weight excluding hydrogens is 428 g/mol. The van der Waals surface area contributed by atoms with E-state index in [0.717, 1.165) is 20.2 Å². The molecule has 0 aliphatic carbocycles. The minimum absolute atomic E-state index is 0.306. The predicted molar refractivity (Wildman–Crippen MR) is 109 cm³/mol. The van der Waals surface area contributed by atoms with Gasteiger partial charge in [-0.05, 0) is 36.4 Å². The molecular formula is C19H15BrN4O2S. The van der Waals surface area contributed by atoms with Crippen LogP contribution in [0.2, 0.25) is 0 Å². The molecule has 4 aromatic rings. The average molecular weight is 443 g/mol. The Morgan fingerprint density at radius 2 is 2.00 bits per heavy atom. The number of hydrogen-bond acceptors (Lipinski definition) is 5. The van der Waals surface area contributed by atoms with Crippen molar-refractivity contribution < 1.29 is 9.53 Å². The van der Waals surface area contributed by atoms with Gasteiger partial charge in [0.25, 0.3) is 5.91 Å². The largest absolute Gasteiger partial charge is 0.383 e.